The van der Waals surface area contributed by atoms with Gasteiger partial charge in [0, 0.05) is 5.69 Å². The van der Waals surface area contributed by atoms with E-state index in [0.29, 0.717) is 17.3 Å². The number of thiocarbonyl (C=S) groups is 1. The Morgan fingerprint density at radius 1 is 1.24 bits per heavy atom. The molecule has 0 aliphatic heterocycles. The Labute approximate surface area is 153 Å². The number of anilines is 1. The summed E-state index contributed by atoms with van der Waals surface area (Å²) in [6.45, 7) is 2.15. The van der Waals surface area contributed by atoms with Crippen molar-refractivity contribution in [2.75, 3.05) is 11.9 Å². The molecule has 0 saturated carbocycles. The van der Waals surface area contributed by atoms with Crippen molar-refractivity contribution < 1.29 is 9.53 Å². The van der Waals surface area contributed by atoms with Crippen LogP contribution in [-0.4, -0.2) is 17.7 Å². The molecule has 0 aromatic heterocycles. The normalized spacial score (nSPS) is 15.8. The summed E-state index contributed by atoms with van der Waals surface area (Å²) in [4.78, 5) is 11.8. The van der Waals surface area contributed by atoms with Crippen LogP contribution in [0.4, 0.5) is 5.69 Å². The van der Waals surface area contributed by atoms with Crippen LogP contribution in [0.3, 0.4) is 0 Å². The molecule has 1 aliphatic rings. The molecule has 4 nitrogen and oxygen atoms in total. The van der Waals surface area contributed by atoms with E-state index in [1.54, 1.807) is 19.1 Å². The van der Waals surface area contributed by atoms with Gasteiger partial charge in [-0.1, -0.05) is 30.3 Å². The first kappa shape index (κ1) is 17.4. The molecule has 2 N–H and O–H groups in total. The van der Waals surface area contributed by atoms with E-state index in [9.17, 15) is 4.79 Å². The van der Waals surface area contributed by atoms with Crippen LogP contribution >= 0.6 is 12.2 Å². The topological polar surface area (TPSA) is 50.4 Å². The molecule has 0 heterocycles. The van der Waals surface area contributed by atoms with Crippen molar-refractivity contribution in [2.45, 2.75) is 32.2 Å². The van der Waals surface area contributed by atoms with Crippen LogP contribution in [0.5, 0.6) is 0 Å². The van der Waals surface area contributed by atoms with Crippen molar-refractivity contribution in [1.29, 1.82) is 0 Å². The van der Waals surface area contributed by atoms with Gasteiger partial charge in [0.15, 0.2) is 5.11 Å². The Morgan fingerprint density at radius 3 is 2.92 bits per heavy atom. The van der Waals surface area contributed by atoms with Crippen LogP contribution in [0, 0.1) is 0 Å². The van der Waals surface area contributed by atoms with Gasteiger partial charge in [-0.25, -0.2) is 4.79 Å². The van der Waals surface area contributed by atoms with Crippen molar-refractivity contribution in [2.24, 2.45) is 0 Å². The number of carbonyl (C=O) groups is 1. The third-order valence-electron chi connectivity index (χ3n) is 4.31. The van der Waals surface area contributed by atoms with Gasteiger partial charge >= 0.3 is 5.97 Å². The van der Waals surface area contributed by atoms with E-state index in [-0.39, 0.29) is 12.0 Å². The van der Waals surface area contributed by atoms with Gasteiger partial charge in [0.2, 0.25) is 0 Å². The first-order valence-electron chi connectivity index (χ1n) is 8.60. The monoisotopic (exact) mass is 354 g/mol. The summed E-state index contributed by atoms with van der Waals surface area (Å²) in [6, 6.07) is 15.9. The molecule has 0 fully saturated rings. The van der Waals surface area contributed by atoms with Crippen LogP contribution in [-0.2, 0) is 11.2 Å². The molecule has 5 heteroatoms. The number of fused-ring (bicyclic) bond motifs is 1. The first-order chi connectivity index (χ1) is 12.2. The van der Waals surface area contributed by atoms with Gasteiger partial charge in [-0.05, 0) is 67.7 Å². The van der Waals surface area contributed by atoms with Gasteiger partial charge in [-0.3, -0.25) is 0 Å². The number of aryl methyl sites for hydroxylation is 1. The van der Waals surface area contributed by atoms with Gasteiger partial charge < -0.3 is 15.4 Å². The first-order valence-corrected chi connectivity index (χ1v) is 9.00. The third-order valence-corrected chi connectivity index (χ3v) is 4.53. The quantitative estimate of drug-likeness (QED) is 0.636. The number of nitrogens with one attached hydrogen (secondary N) is 2. The third kappa shape index (κ3) is 4.37. The van der Waals surface area contributed by atoms with Gasteiger partial charge in [0.25, 0.3) is 0 Å². The highest BCUT2D eigenvalue weighted by Crippen LogP contribution is 2.29. The molecular formula is C20H22N2O2S. The van der Waals surface area contributed by atoms with E-state index < -0.39 is 0 Å². The Kier molecular flexibility index (Phi) is 5.66. The van der Waals surface area contributed by atoms with Crippen molar-refractivity contribution in [3.63, 3.8) is 0 Å². The summed E-state index contributed by atoms with van der Waals surface area (Å²) in [5, 5.41) is 7.13. The maximum absolute atomic E-state index is 11.8. The number of esters is 1. The number of hydrogen-bond donors (Lipinski definition) is 2. The molecule has 25 heavy (non-hydrogen) atoms. The van der Waals surface area contributed by atoms with Crippen LogP contribution in [0.1, 0.15) is 47.3 Å². The predicted octanol–water partition coefficient (Wildman–Crippen LogP) is 4.23. The number of carbonyl (C=O) groups excluding carboxylic acids is 1. The van der Waals surface area contributed by atoms with Crippen LogP contribution in [0.25, 0.3) is 0 Å². The molecule has 0 saturated heterocycles. The second-order valence-corrected chi connectivity index (χ2v) is 6.45. The predicted molar refractivity (Wildman–Crippen MR) is 104 cm³/mol. The lowest BCUT2D eigenvalue weighted by Crippen LogP contribution is -2.34. The van der Waals surface area contributed by atoms with E-state index in [2.05, 4.69) is 34.9 Å². The van der Waals surface area contributed by atoms with Crippen molar-refractivity contribution in [3.8, 4) is 0 Å². The van der Waals surface area contributed by atoms with E-state index >= 15 is 0 Å². The summed E-state index contributed by atoms with van der Waals surface area (Å²) in [6.07, 6.45) is 3.33. The molecule has 1 aliphatic carbocycles. The van der Waals surface area contributed by atoms with Gasteiger partial charge in [-0.15, -0.1) is 0 Å². The lowest BCUT2D eigenvalue weighted by molar-refractivity contribution is 0.0526. The highest BCUT2D eigenvalue weighted by molar-refractivity contribution is 7.80. The summed E-state index contributed by atoms with van der Waals surface area (Å²) in [5.74, 6) is -0.328. The molecule has 3 rings (SSSR count). The highest BCUT2D eigenvalue weighted by atomic mass is 32.1. The van der Waals surface area contributed by atoms with Crippen molar-refractivity contribution in [3.05, 3.63) is 65.2 Å². The van der Waals surface area contributed by atoms with Gasteiger partial charge in [0.1, 0.15) is 0 Å². The average Bonchev–Trinajstić information content (AvgIpc) is 2.62. The average molecular weight is 354 g/mol. The Balaban J connectivity index is 1.66. The molecule has 0 radical (unpaired) electrons. The minimum atomic E-state index is -0.328. The maximum Gasteiger partial charge on any atom is 0.338 e. The maximum atomic E-state index is 11.8. The Bertz CT molecular complexity index is 776. The fourth-order valence-electron chi connectivity index (χ4n) is 3.17. The zero-order chi connectivity index (χ0) is 17.6. The number of hydrogen-bond acceptors (Lipinski definition) is 3. The molecule has 2 aromatic rings. The van der Waals surface area contributed by atoms with E-state index in [0.717, 1.165) is 24.9 Å². The lowest BCUT2D eigenvalue weighted by atomic mass is 9.88. The molecular weight excluding hydrogens is 332 g/mol. The summed E-state index contributed by atoms with van der Waals surface area (Å²) in [7, 11) is 0. The number of rotatable bonds is 4. The van der Waals surface area contributed by atoms with E-state index in [4.69, 9.17) is 17.0 Å². The molecule has 0 spiro atoms. The van der Waals surface area contributed by atoms with Gasteiger partial charge in [-0.2, -0.15) is 0 Å². The van der Waals surface area contributed by atoms with E-state index in [1.165, 1.54) is 11.1 Å². The fourth-order valence-corrected chi connectivity index (χ4v) is 3.43. The van der Waals surface area contributed by atoms with Gasteiger partial charge in [0.05, 0.1) is 18.2 Å². The lowest BCUT2D eigenvalue weighted by Gasteiger charge is -2.27. The highest BCUT2D eigenvalue weighted by Gasteiger charge is 2.20. The largest absolute Gasteiger partial charge is 0.462 e. The summed E-state index contributed by atoms with van der Waals surface area (Å²) < 4.78 is 5.03. The molecule has 1 atom stereocenters. The molecule has 0 bridgehead atoms. The molecule has 2 aromatic carbocycles. The second-order valence-electron chi connectivity index (χ2n) is 6.04. The zero-order valence-electron chi connectivity index (χ0n) is 14.2. The smallest absolute Gasteiger partial charge is 0.338 e. The Hall–Kier alpha value is -2.40. The SMILES string of the molecule is CCOC(=O)c1cccc(NC(=S)N[C@@H]2CCCc3ccccc32)c1. The minimum absolute atomic E-state index is 0.221. The van der Waals surface area contributed by atoms with Crippen LogP contribution in [0.2, 0.25) is 0 Å². The summed E-state index contributed by atoms with van der Waals surface area (Å²) >= 11 is 5.47. The number of ether oxygens (including phenoxy) is 1. The van der Waals surface area contributed by atoms with Crippen molar-refractivity contribution >= 4 is 29.0 Å². The summed E-state index contributed by atoms with van der Waals surface area (Å²) in [5.41, 5.74) is 3.99. The van der Waals surface area contributed by atoms with Crippen LogP contribution < -0.4 is 10.6 Å². The minimum Gasteiger partial charge on any atom is -0.462 e. The van der Waals surface area contributed by atoms with E-state index in [1.807, 2.05) is 12.1 Å². The molecule has 0 amide bonds. The zero-order valence-corrected chi connectivity index (χ0v) is 15.1. The second kappa shape index (κ2) is 8.12. The molecule has 0 unspecified atom stereocenters. The Morgan fingerprint density at radius 2 is 2.08 bits per heavy atom. The fraction of sp³-hybridized carbons (Fsp3) is 0.300. The van der Waals surface area contributed by atoms with Crippen LogP contribution in [0.15, 0.2) is 48.5 Å². The standard InChI is InChI=1S/C20H22N2O2S/c1-2-24-19(23)15-9-5-10-16(13-15)21-20(25)22-18-12-6-8-14-7-3-4-11-17(14)18/h3-5,7,9-11,13,18H,2,6,8,12H2,1H3,(H2,21,22,25)/t18-/m1/s1. The molecule has 130 valence electrons. The number of benzene rings is 2. The van der Waals surface area contributed by atoms with Crippen molar-refractivity contribution in [1.82, 2.24) is 5.32 Å².